The molecule has 0 spiro atoms. The third kappa shape index (κ3) is 3.57. The van der Waals surface area contributed by atoms with Gasteiger partial charge in [0.15, 0.2) is 5.65 Å². The van der Waals surface area contributed by atoms with Crippen molar-refractivity contribution in [2.45, 2.75) is 38.0 Å². The Labute approximate surface area is 206 Å². The third-order valence-electron chi connectivity index (χ3n) is 6.95. The van der Waals surface area contributed by atoms with E-state index in [0.717, 1.165) is 22.2 Å². The number of aromatic nitrogens is 6. The van der Waals surface area contributed by atoms with Crippen LogP contribution in [0.1, 0.15) is 42.5 Å². The molecule has 2 atom stereocenters. The highest BCUT2D eigenvalue weighted by molar-refractivity contribution is 5.80. The molecule has 0 fully saturated rings. The number of benzene rings is 2. The molecule has 0 unspecified atom stereocenters. The van der Waals surface area contributed by atoms with Crippen LogP contribution in [0.4, 0.5) is 5.69 Å². The number of aryl methyl sites for hydroxylation is 1. The first-order chi connectivity index (χ1) is 17.6. The second kappa shape index (κ2) is 8.89. The van der Waals surface area contributed by atoms with E-state index in [4.69, 9.17) is 15.5 Å². The van der Waals surface area contributed by atoms with Gasteiger partial charge in [0.05, 0.1) is 29.4 Å². The number of nitrogens with zero attached hydrogens (tertiary/aromatic N) is 6. The average molecular weight is 486 g/mol. The molecule has 10 nitrogen and oxygen atoms in total. The Kier molecular flexibility index (Phi) is 5.54. The van der Waals surface area contributed by atoms with Crippen LogP contribution in [0.5, 0.6) is 0 Å². The maximum Gasteiger partial charge on any atom is 0.330 e. The van der Waals surface area contributed by atoms with Gasteiger partial charge in [0, 0.05) is 25.9 Å². The van der Waals surface area contributed by atoms with Crippen LogP contribution < -0.4 is 11.4 Å². The number of aliphatic hydroxyl groups excluding tert-OH is 1. The predicted molar refractivity (Wildman–Crippen MR) is 136 cm³/mol. The fraction of sp³-hybridized carbons (Fsp3) is 0.308. The molecule has 0 bridgehead atoms. The normalized spacial score (nSPS) is 17.6. The monoisotopic (exact) mass is 485 g/mol. The lowest BCUT2D eigenvalue weighted by Gasteiger charge is -2.29. The van der Waals surface area contributed by atoms with Crippen LogP contribution in [0.2, 0.25) is 0 Å². The van der Waals surface area contributed by atoms with E-state index >= 15 is 0 Å². The third-order valence-corrected chi connectivity index (χ3v) is 6.95. The average Bonchev–Trinajstić information content (AvgIpc) is 3.42. The van der Waals surface area contributed by atoms with Gasteiger partial charge in [-0.05, 0) is 48.6 Å². The van der Waals surface area contributed by atoms with Crippen molar-refractivity contribution in [3.05, 3.63) is 76.6 Å². The molecule has 0 radical (unpaired) electrons. The number of imidazole rings is 2. The number of nitrogen functional groups attached to an aromatic ring is 1. The number of rotatable bonds is 6. The molecule has 3 heterocycles. The largest absolute Gasteiger partial charge is 0.399 e. The highest BCUT2D eigenvalue weighted by Gasteiger charge is 2.31. The zero-order valence-electron chi connectivity index (χ0n) is 19.9. The highest BCUT2D eigenvalue weighted by Crippen LogP contribution is 2.38. The summed E-state index contributed by atoms with van der Waals surface area (Å²) in [6.45, 7) is 1.03. The van der Waals surface area contributed by atoms with Gasteiger partial charge in [-0.2, -0.15) is 4.98 Å². The Hall–Kier alpha value is -4.02. The number of hydrogen-bond acceptors (Lipinski definition) is 7. The van der Waals surface area contributed by atoms with Gasteiger partial charge < -0.3 is 15.6 Å². The maximum atomic E-state index is 13.8. The number of nitrogens with two attached hydrogens (primary N) is 1. The highest BCUT2D eigenvalue weighted by atomic mass is 16.5. The quantitative estimate of drug-likeness (QED) is 0.280. The molecule has 184 valence electrons. The maximum absolute atomic E-state index is 13.8. The Morgan fingerprint density at radius 1 is 1.11 bits per heavy atom. The van der Waals surface area contributed by atoms with Crippen molar-refractivity contribution in [1.29, 1.82) is 0 Å². The SMILES string of the molecule is COCCCn1c(=O)n([C@@H]2CC[C@@H](O)c3ccccc32)c2nc(-n3cnc4ccc(N)cc43)ncc21. The topological polar surface area (TPSA) is 126 Å². The van der Waals surface area contributed by atoms with Crippen LogP contribution >= 0.6 is 0 Å². The summed E-state index contributed by atoms with van der Waals surface area (Å²) in [6.07, 6.45) is 4.69. The lowest BCUT2D eigenvalue weighted by Crippen LogP contribution is -2.31. The fourth-order valence-electron chi connectivity index (χ4n) is 5.23. The first kappa shape index (κ1) is 22.4. The predicted octanol–water partition coefficient (Wildman–Crippen LogP) is 2.97. The van der Waals surface area contributed by atoms with Crippen LogP contribution in [0.15, 0.2) is 59.8 Å². The minimum absolute atomic E-state index is 0.150. The van der Waals surface area contributed by atoms with Gasteiger partial charge in [-0.1, -0.05) is 24.3 Å². The summed E-state index contributed by atoms with van der Waals surface area (Å²) in [7, 11) is 1.65. The van der Waals surface area contributed by atoms with Gasteiger partial charge in [0.1, 0.15) is 11.8 Å². The Morgan fingerprint density at radius 2 is 1.94 bits per heavy atom. The molecular formula is C26H27N7O3. The molecular weight excluding hydrogens is 458 g/mol. The van der Waals surface area contributed by atoms with Gasteiger partial charge in [-0.3, -0.25) is 13.7 Å². The minimum Gasteiger partial charge on any atom is -0.399 e. The summed E-state index contributed by atoms with van der Waals surface area (Å²) < 4.78 is 10.5. The molecule has 3 aromatic heterocycles. The molecule has 3 N–H and O–H groups in total. The van der Waals surface area contributed by atoms with Crippen LogP contribution in [0.3, 0.4) is 0 Å². The summed E-state index contributed by atoms with van der Waals surface area (Å²) in [5.74, 6) is 0.405. The zero-order valence-corrected chi connectivity index (χ0v) is 19.9. The summed E-state index contributed by atoms with van der Waals surface area (Å²) in [5.41, 5.74) is 11.0. The summed E-state index contributed by atoms with van der Waals surface area (Å²) in [5, 5.41) is 10.6. The molecule has 10 heteroatoms. The fourth-order valence-corrected chi connectivity index (χ4v) is 5.23. The van der Waals surface area contributed by atoms with Crippen LogP contribution in [0.25, 0.3) is 28.1 Å². The zero-order chi connectivity index (χ0) is 24.8. The van der Waals surface area contributed by atoms with Crippen molar-refractivity contribution >= 4 is 27.9 Å². The molecule has 36 heavy (non-hydrogen) atoms. The van der Waals surface area contributed by atoms with E-state index < -0.39 is 6.10 Å². The second-order valence-corrected chi connectivity index (χ2v) is 9.13. The lowest BCUT2D eigenvalue weighted by atomic mass is 9.85. The van der Waals surface area contributed by atoms with Crippen molar-refractivity contribution in [2.24, 2.45) is 0 Å². The summed E-state index contributed by atoms with van der Waals surface area (Å²) in [4.78, 5) is 27.8. The van der Waals surface area contributed by atoms with E-state index in [-0.39, 0.29) is 11.7 Å². The van der Waals surface area contributed by atoms with Crippen LogP contribution in [-0.2, 0) is 11.3 Å². The van der Waals surface area contributed by atoms with E-state index in [9.17, 15) is 9.90 Å². The van der Waals surface area contributed by atoms with E-state index in [1.54, 1.807) is 39.4 Å². The Morgan fingerprint density at radius 3 is 2.78 bits per heavy atom. The number of methoxy groups -OCH3 is 1. The van der Waals surface area contributed by atoms with Gasteiger partial charge >= 0.3 is 5.69 Å². The van der Waals surface area contributed by atoms with Crippen LogP contribution in [0, 0.1) is 0 Å². The molecule has 1 aliphatic carbocycles. The van der Waals surface area contributed by atoms with Crippen molar-refractivity contribution in [2.75, 3.05) is 19.5 Å². The number of aliphatic hydroxyl groups is 1. The van der Waals surface area contributed by atoms with Gasteiger partial charge in [-0.15, -0.1) is 0 Å². The van der Waals surface area contributed by atoms with Gasteiger partial charge in [0.2, 0.25) is 5.95 Å². The molecule has 6 rings (SSSR count). The van der Waals surface area contributed by atoms with Crippen molar-refractivity contribution in [3.63, 3.8) is 0 Å². The summed E-state index contributed by atoms with van der Waals surface area (Å²) in [6, 6.07) is 13.0. The molecule has 0 amide bonds. The Balaban J connectivity index is 1.57. The smallest absolute Gasteiger partial charge is 0.330 e. The van der Waals surface area contributed by atoms with E-state index in [1.165, 1.54) is 0 Å². The van der Waals surface area contributed by atoms with Crippen molar-refractivity contribution < 1.29 is 9.84 Å². The van der Waals surface area contributed by atoms with E-state index in [2.05, 4.69) is 9.97 Å². The number of anilines is 1. The first-order valence-electron chi connectivity index (χ1n) is 12.0. The van der Waals surface area contributed by atoms with E-state index in [1.807, 2.05) is 36.4 Å². The first-order valence-corrected chi connectivity index (χ1v) is 12.0. The minimum atomic E-state index is -0.545. The molecule has 5 aromatic rings. The summed E-state index contributed by atoms with van der Waals surface area (Å²) >= 11 is 0. The second-order valence-electron chi connectivity index (χ2n) is 9.13. The number of hydrogen-bond donors (Lipinski definition) is 2. The number of ether oxygens (including phenoxy) is 1. The van der Waals surface area contributed by atoms with E-state index in [0.29, 0.717) is 55.2 Å². The lowest BCUT2D eigenvalue weighted by molar-refractivity contribution is 0.147. The van der Waals surface area contributed by atoms with Crippen molar-refractivity contribution in [1.82, 2.24) is 28.7 Å². The molecule has 0 aliphatic heterocycles. The molecule has 2 aromatic carbocycles. The Bertz CT molecular complexity index is 1630. The van der Waals surface area contributed by atoms with Crippen molar-refractivity contribution in [3.8, 4) is 5.95 Å². The number of fused-ring (bicyclic) bond motifs is 3. The van der Waals surface area contributed by atoms with Gasteiger partial charge in [0.25, 0.3) is 0 Å². The standard InChI is InChI=1S/C26H27N7O3/c1-36-12-4-11-31-22-14-28-25(32-15-29-19-8-7-16(27)13-21(19)32)30-24(22)33(26(31)35)20-9-10-23(34)18-6-3-2-5-17(18)20/h2-3,5-8,13-15,20,23,34H,4,9-12,27H2,1H3/t20-,23-/m1/s1. The molecule has 1 aliphatic rings. The molecule has 0 saturated heterocycles. The molecule has 0 saturated carbocycles. The van der Waals surface area contributed by atoms with Crippen LogP contribution in [-0.4, -0.2) is 47.5 Å². The van der Waals surface area contributed by atoms with Gasteiger partial charge in [-0.25, -0.2) is 14.8 Å².